The van der Waals surface area contributed by atoms with Crippen LogP contribution in [0.3, 0.4) is 0 Å². The number of nitrogens with zero attached hydrogens (tertiary/aromatic N) is 3. The molecular weight excluding hydrogens is 434 g/mol. The minimum atomic E-state index is -0.360. The minimum Gasteiger partial charge on any atom is -0.493 e. The van der Waals surface area contributed by atoms with E-state index in [4.69, 9.17) is 9.15 Å². The standard InChI is InChI=1S/C25H27N5O4/c1-3-4-5-6-9-12-33-21-11-8-7-10-17(21)25(32)26-19-14-16(2)13-18-20(31)15-22(34-23(18)19)24-27-29-30-28-24/h7-8,10-11,13-15H,3-6,9,12H2,1-2H3,(H,26,32)(H,27,28,29,30). The van der Waals surface area contributed by atoms with Crippen LogP contribution in [0.15, 0.2) is 51.7 Å². The van der Waals surface area contributed by atoms with Crippen LogP contribution in [0, 0.1) is 6.92 Å². The van der Waals surface area contributed by atoms with Crippen molar-refractivity contribution < 1.29 is 13.9 Å². The zero-order valence-electron chi connectivity index (χ0n) is 19.3. The van der Waals surface area contributed by atoms with Crippen LogP contribution in [0.2, 0.25) is 0 Å². The maximum absolute atomic E-state index is 13.2. The Bertz CT molecular complexity index is 1330. The van der Waals surface area contributed by atoms with Crippen LogP contribution < -0.4 is 15.5 Å². The van der Waals surface area contributed by atoms with Crippen LogP contribution in [0.4, 0.5) is 5.69 Å². The van der Waals surface area contributed by atoms with Crippen molar-refractivity contribution in [2.45, 2.75) is 46.0 Å². The molecule has 4 aromatic rings. The molecule has 2 heterocycles. The zero-order valence-corrected chi connectivity index (χ0v) is 19.3. The molecule has 2 aromatic heterocycles. The van der Waals surface area contributed by atoms with Gasteiger partial charge < -0.3 is 14.5 Å². The second-order valence-corrected chi connectivity index (χ2v) is 8.11. The van der Waals surface area contributed by atoms with Crippen LogP contribution >= 0.6 is 0 Å². The van der Waals surface area contributed by atoms with E-state index in [1.54, 1.807) is 30.3 Å². The Morgan fingerprint density at radius 2 is 1.94 bits per heavy atom. The number of unbranched alkanes of at least 4 members (excludes halogenated alkanes) is 4. The van der Waals surface area contributed by atoms with Crippen molar-refractivity contribution in [2.24, 2.45) is 0 Å². The molecule has 0 unspecified atom stereocenters. The summed E-state index contributed by atoms with van der Waals surface area (Å²) in [5.74, 6) is 0.453. The number of hydrogen-bond donors (Lipinski definition) is 2. The van der Waals surface area contributed by atoms with Gasteiger partial charge in [0.15, 0.2) is 16.8 Å². The first-order valence-corrected chi connectivity index (χ1v) is 11.4. The van der Waals surface area contributed by atoms with Crippen LogP contribution in [-0.2, 0) is 0 Å². The van der Waals surface area contributed by atoms with Crippen LogP contribution in [-0.4, -0.2) is 33.1 Å². The van der Waals surface area contributed by atoms with E-state index >= 15 is 0 Å². The number of ether oxygens (including phenoxy) is 1. The van der Waals surface area contributed by atoms with Gasteiger partial charge in [-0.05, 0) is 48.4 Å². The van der Waals surface area contributed by atoms with Crippen LogP contribution in [0.25, 0.3) is 22.6 Å². The molecular formula is C25H27N5O4. The first-order valence-electron chi connectivity index (χ1n) is 11.4. The van der Waals surface area contributed by atoms with Gasteiger partial charge in [-0.25, -0.2) is 0 Å². The number of rotatable bonds is 10. The molecule has 0 saturated carbocycles. The highest BCUT2D eigenvalue weighted by atomic mass is 16.5. The lowest BCUT2D eigenvalue weighted by Gasteiger charge is -2.13. The SMILES string of the molecule is CCCCCCCOc1ccccc1C(=O)Nc1cc(C)cc2c(=O)cc(-c3nn[nH]n3)oc12. The quantitative estimate of drug-likeness (QED) is 0.323. The molecule has 9 nitrogen and oxygen atoms in total. The number of aromatic amines is 1. The smallest absolute Gasteiger partial charge is 0.259 e. The maximum atomic E-state index is 13.2. The fraction of sp³-hybridized carbons (Fsp3) is 0.320. The summed E-state index contributed by atoms with van der Waals surface area (Å²) in [4.78, 5) is 26.0. The normalized spacial score (nSPS) is 11.0. The number of aryl methyl sites for hydroxylation is 1. The third kappa shape index (κ3) is 5.31. The number of H-pyrrole nitrogens is 1. The summed E-state index contributed by atoms with van der Waals surface area (Å²) in [6, 6.07) is 11.9. The van der Waals surface area contributed by atoms with Gasteiger partial charge in [0.2, 0.25) is 5.82 Å². The summed E-state index contributed by atoms with van der Waals surface area (Å²) in [6.07, 6.45) is 5.61. The fourth-order valence-electron chi connectivity index (χ4n) is 3.73. The second-order valence-electron chi connectivity index (χ2n) is 8.11. The van der Waals surface area contributed by atoms with E-state index in [1.165, 1.54) is 25.3 Å². The summed E-state index contributed by atoms with van der Waals surface area (Å²) < 4.78 is 11.8. The number of fused-ring (bicyclic) bond motifs is 1. The summed E-state index contributed by atoms with van der Waals surface area (Å²) >= 11 is 0. The lowest BCUT2D eigenvalue weighted by atomic mass is 10.1. The van der Waals surface area contributed by atoms with Gasteiger partial charge in [-0.1, -0.05) is 44.7 Å². The highest BCUT2D eigenvalue weighted by molar-refractivity contribution is 6.09. The molecule has 4 rings (SSSR count). The number of tetrazole rings is 1. The molecule has 0 bridgehead atoms. The first-order chi connectivity index (χ1) is 16.6. The molecule has 0 fully saturated rings. The first kappa shape index (κ1) is 23.2. The minimum absolute atomic E-state index is 0.148. The topological polar surface area (TPSA) is 123 Å². The van der Waals surface area contributed by atoms with Crippen molar-refractivity contribution in [3.63, 3.8) is 0 Å². The fourth-order valence-corrected chi connectivity index (χ4v) is 3.73. The Morgan fingerprint density at radius 1 is 1.12 bits per heavy atom. The Balaban J connectivity index is 1.59. The van der Waals surface area contributed by atoms with Crippen LogP contribution in [0.1, 0.15) is 54.9 Å². The summed E-state index contributed by atoms with van der Waals surface area (Å²) in [5, 5.41) is 16.8. The number of aromatic nitrogens is 4. The number of carbonyl (C=O) groups is 1. The van der Waals surface area contributed by atoms with E-state index in [0.29, 0.717) is 29.0 Å². The van der Waals surface area contributed by atoms with Gasteiger partial charge in [0.05, 0.1) is 23.2 Å². The number of carbonyl (C=O) groups excluding carboxylic acids is 1. The predicted octanol–water partition coefficient (Wildman–Crippen LogP) is 4.88. The van der Waals surface area contributed by atoms with Gasteiger partial charge in [-0.2, -0.15) is 5.21 Å². The van der Waals surface area contributed by atoms with Crippen molar-refractivity contribution in [1.29, 1.82) is 0 Å². The van der Waals surface area contributed by atoms with E-state index < -0.39 is 0 Å². The van der Waals surface area contributed by atoms with Gasteiger partial charge in [-0.15, -0.1) is 10.2 Å². The molecule has 2 aromatic carbocycles. The number of para-hydroxylation sites is 1. The molecule has 0 aliphatic heterocycles. The largest absolute Gasteiger partial charge is 0.493 e. The lowest BCUT2D eigenvalue weighted by Crippen LogP contribution is -2.15. The molecule has 0 atom stereocenters. The highest BCUT2D eigenvalue weighted by Gasteiger charge is 2.18. The van der Waals surface area contributed by atoms with E-state index in [-0.39, 0.29) is 28.5 Å². The Morgan fingerprint density at radius 3 is 2.74 bits per heavy atom. The van der Waals surface area contributed by atoms with Gasteiger partial charge in [0.25, 0.3) is 5.91 Å². The number of anilines is 1. The van der Waals surface area contributed by atoms with E-state index in [9.17, 15) is 9.59 Å². The molecule has 0 radical (unpaired) electrons. The van der Waals surface area contributed by atoms with Crippen LogP contribution in [0.5, 0.6) is 5.75 Å². The van der Waals surface area contributed by atoms with E-state index in [0.717, 1.165) is 18.4 Å². The van der Waals surface area contributed by atoms with Crippen molar-refractivity contribution >= 4 is 22.6 Å². The van der Waals surface area contributed by atoms with E-state index in [1.807, 2.05) is 13.0 Å². The molecule has 0 spiro atoms. The third-order valence-electron chi connectivity index (χ3n) is 5.42. The Hall–Kier alpha value is -4.01. The van der Waals surface area contributed by atoms with Gasteiger partial charge in [-0.3, -0.25) is 9.59 Å². The predicted molar refractivity (Wildman–Crippen MR) is 129 cm³/mol. The molecule has 34 heavy (non-hydrogen) atoms. The molecule has 2 N–H and O–H groups in total. The molecule has 9 heteroatoms. The average molecular weight is 462 g/mol. The van der Waals surface area contributed by atoms with Gasteiger partial charge in [0, 0.05) is 6.07 Å². The molecule has 0 aliphatic carbocycles. The van der Waals surface area contributed by atoms with E-state index in [2.05, 4.69) is 32.9 Å². The average Bonchev–Trinajstić information content (AvgIpc) is 3.37. The van der Waals surface area contributed by atoms with Gasteiger partial charge in [0.1, 0.15) is 5.75 Å². The van der Waals surface area contributed by atoms with Crippen molar-refractivity contribution in [3.05, 3.63) is 63.8 Å². The number of hydrogen-bond acceptors (Lipinski definition) is 7. The van der Waals surface area contributed by atoms with Crippen molar-refractivity contribution in [3.8, 4) is 17.3 Å². The summed E-state index contributed by atoms with van der Waals surface area (Å²) in [7, 11) is 0. The van der Waals surface area contributed by atoms with Crippen molar-refractivity contribution in [1.82, 2.24) is 20.6 Å². The molecule has 0 aliphatic rings. The zero-order chi connectivity index (χ0) is 23.9. The van der Waals surface area contributed by atoms with Gasteiger partial charge >= 0.3 is 0 Å². The Labute approximate surface area is 196 Å². The Kier molecular flexibility index (Phi) is 7.31. The second kappa shape index (κ2) is 10.7. The molecule has 1 amide bonds. The third-order valence-corrected chi connectivity index (χ3v) is 5.42. The lowest BCUT2D eigenvalue weighted by molar-refractivity contribution is 0.102. The number of amides is 1. The monoisotopic (exact) mass is 461 g/mol. The number of nitrogens with one attached hydrogen (secondary N) is 2. The van der Waals surface area contributed by atoms with Crippen molar-refractivity contribution in [2.75, 3.05) is 11.9 Å². The summed E-state index contributed by atoms with van der Waals surface area (Å²) in [6.45, 7) is 4.57. The maximum Gasteiger partial charge on any atom is 0.259 e. The number of benzene rings is 2. The summed E-state index contributed by atoms with van der Waals surface area (Å²) in [5.41, 5.74) is 1.55. The molecule has 0 saturated heterocycles. The molecule has 176 valence electrons. The highest BCUT2D eigenvalue weighted by Crippen LogP contribution is 2.28.